The fraction of sp³-hybridized carbons (Fsp3) is 0.300. The molecule has 6 heteroatoms. The molecule has 5 nitrogen and oxygen atoms in total. The summed E-state index contributed by atoms with van der Waals surface area (Å²) < 4.78 is 0. The van der Waals surface area contributed by atoms with Gasteiger partial charge in [0.15, 0.2) is 0 Å². The summed E-state index contributed by atoms with van der Waals surface area (Å²) in [6.07, 6.45) is 0.139. The van der Waals surface area contributed by atoms with E-state index >= 15 is 0 Å². The Morgan fingerprint density at radius 3 is 2.23 bits per heavy atom. The number of benzene rings is 2. The van der Waals surface area contributed by atoms with Crippen molar-refractivity contribution in [2.24, 2.45) is 5.92 Å². The van der Waals surface area contributed by atoms with Crippen molar-refractivity contribution in [2.45, 2.75) is 25.3 Å². The zero-order valence-electron chi connectivity index (χ0n) is 14.5. The van der Waals surface area contributed by atoms with E-state index in [2.05, 4.69) is 17.9 Å². The Morgan fingerprint density at radius 1 is 1.08 bits per heavy atom. The molecule has 2 aromatic rings. The van der Waals surface area contributed by atoms with Crippen LogP contribution in [0.2, 0.25) is 0 Å². The molecule has 0 aliphatic carbocycles. The van der Waals surface area contributed by atoms with E-state index in [1.165, 1.54) is 12.1 Å². The highest BCUT2D eigenvalue weighted by molar-refractivity contribution is 7.80. The van der Waals surface area contributed by atoms with Crippen molar-refractivity contribution in [3.8, 4) is 5.75 Å². The molecule has 0 aromatic heterocycles. The average Bonchev–Trinajstić information content (AvgIpc) is 2.64. The summed E-state index contributed by atoms with van der Waals surface area (Å²) >= 11 is 4.29. The molecule has 2 aromatic carbocycles. The molecule has 0 bridgehead atoms. The number of hydrogen-bond acceptors (Lipinski definition) is 4. The maximum absolute atomic E-state index is 12.7. The van der Waals surface area contributed by atoms with E-state index in [0.29, 0.717) is 11.3 Å². The Bertz CT molecular complexity index is 733. The number of aromatic hydroxyl groups is 1. The Balaban J connectivity index is 2.09. The predicted octanol–water partition coefficient (Wildman–Crippen LogP) is 2.85. The fourth-order valence-corrected chi connectivity index (χ4v) is 3.29. The van der Waals surface area contributed by atoms with Gasteiger partial charge < -0.3 is 15.5 Å². The average molecular weight is 373 g/mol. The second kappa shape index (κ2) is 9.29. The van der Waals surface area contributed by atoms with Crippen LogP contribution in [0.15, 0.2) is 54.6 Å². The van der Waals surface area contributed by atoms with Gasteiger partial charge in [-0.05, 0) is 29.2 Å². The molecule has 138 valence electrons. The van der Waals surface area contributed by atoms with E-state index in [9.17, 15) is 19.8 Å². The number of aliphatic carboxylic acids is 1. The second-order valence-corrected chi connectivity index (χ2v) is 6.62. The predicted molar refractivity (Wildman–Crippen MR) is 104 cm³/mol. The van der Waals surface area contributed by atoms with E-state index in [4.69, 9.17) is 0 Å². The number of amides is 1. The summed E-state index contributed by atoms with van der Waals surface area (Å²) in [6, 6.07) is 14.8. The molecule has 0 unspecified atom stereocenters. The third-order valence-corrected chi connectivity index (χ3v) is 4.85. The standard InChI is InChI=1S/C20H23NO4S/c1-13(15-5-3-2-4-6-15)17(12-26)19(23)21-18(20(24)25)11-14-7-9-16(22)10-8-14/h2-10,13,17-18,22,26H,11-12H2,1H3,(H,21,23)(H,24,25)/t13-,17-,18-/m0/s1. The highest BCUT2D eigenvalue weighted by Crippen LogP contribution is 2.25. The lowest BCUT2D eigenvalue weighted by Gasteiger charge is -2.24. The topological polar surface area (TPSA) is 86.6 Å². The van der Waals surface area contributed by atoms with Crippen LogP contribution in [-0.4, -0.2) is 33.9 Å². The van der Waals surface area contributed by atoms with Gasteiger partial charge in [-0.2, -0.15) is 12.6 Å². The Kier molecular flexibility index (Phi) is 7.09. The summed E-state index contributed by atoms with van der Waals surface area (Å²) in [5, 5.41) is 21.4. The normalized spacial score (nSPS) is 14.2. The van der Waals surface area contributed by atoms with E-state index in [-0.39, 0.29) is 24.0 Å². The van der Waals surface area contributed by atoms with Crippen molar-refractivity contribution in [1.29, 1.82) is 0 Å². The molecular formula is C20H23NO4S. The minimum absolute atomic E-state index is 0.0863. The molecule has 3 N–H and O–H groups in total. The summed E-state index contributed by atoms with van der Waals surface area (Å²) in [5.41, 5.74) is 1.72. The number of nitrogens with one attached hydrogen (secondary N) is 1. The fourth-order valence-electron chi connectivity index (χ4n) is 2.80. The lowest BCUT2D eigenvalue weighted by atomic mass is 9.88. The third kappa shape index (κ3) is 5.26. The van der Waals surface area contributed by atoms with Gasteiger partial charge in [0.25, 0.3) is 0 Å². The van der Waals surface area contributed by atoms with Crippen LogP contribution in [0, 0.1) is 5.92 Å². The van der Waals surface area contributed by atoms with Gasteiger partial charge in [-0.25, -0.2) is 4.79 Å². The van der Waals surface area contributed by atoms with Crippen molar-refractivity contribution in [3.63, 3.8) is 0 Å². The number of carboxylic acids is 1. The molecule has 0 spiro atoms. The minimum atomic E-state index is -1.10. The number of rotatable bonds is 8. The number of carboxylic acid groups (broad SMARTS) is 1. The lowest BCUT2D eigenvalue weighted by molar-refractivity contribution is -0.142. The van der Waals surface area contributed by atoms with E-state index in [0.717, 1.165) is 5.56 Å². The smallest absolute Gasteiger partial charge is 0.326 e. The van der Waals surface area contributed by atoms with Crippen LogP contribution < -0.4 is 5.32 Å². The molecule has 0 saturated carbocycles. The first-order chi connectivity index (χ1) is 12.4. The van der Waals surface area contributed by atoms with Crippen molar-refractivity contribution >= 4 is 24.5 Å². The van der Waals surface area contributed by atoms with E-state index in [1.54, 1.807) is 12.1 Å². The van der Waals surface area contributed by atoms with Crippen LogP contribution >= 0.6 is 12.6 Å². The molecule has 3 atom stereocenters. The lowest BCUT2D eigenvalue weighted by Crippen LogP contribution is -2.46. The number of phenolic OH excluding ortho intramolecular Hbond substituents is 1. The van der Waals surface area contributed by atoms with E-state index < -0.39 is 17.9 Å². The van der Waals surface area contributed by atoms with E-state index in [1.807, 2.05) is 37.3 Å². The quantitative estimate of drug-likeness (QED) is 0.536. The maximum atomic E-state index is 12.7. The van der Waals surface area contributed by atoms with Gasteiger partial charge in [0.2, 0.25) is 5.91 Å². The molecule has 0 fully saturated rings. The Labute approximate surface area is 158 Å². The summed E-state index contributed by atoms with van der Waals surface area (Å²) in [4.78, 5) is 24.3. The maximum Gasteiger partial charge on any atom is 0.326 e. The van der Waals surface area contributed by atoms with Gasteiger partial charge in [0.05, 0.1) is 5.92 Å². The Hall–Kier alpha value is -2.47. The first-order valence-corrected chi connectivity index (χ1v) is 9.02. The minimum Gasteiger partial charge on any atom is -0.508 e. The van der Waals surface area contributed by atoms with Gasteiger partial charge >= 0.3 is 5.97 Å². The van der Waals surface area contributed by atoms with Gasteiger partial charge in [0.1, 0.15) is 11.8 Å². The van der Waals surface area contributed by atoms with Crippen molar-refractivity contribution in [3.05, 3.63) is 65.7 Å². The van der Waals surface area contributed by atoms with Crippen LogP contribution in [0.25, 0.3) is 0 Å². The van der Waals surface area contributed by atoms with Crippen LogP contribution in [0.1, 0.15) is 24.0 Å². The van der Waals surface area contributed by atoms with Gasteiger partial charge in [-0.3, -0.25) is 4.79 Å². The molecule has 0 saturated heterocycles. The number of carbonyl (C=O) groups excluding carboxylic acids is 1. The molecule has 0 radical (unpaired) electrons. The second-order valence-electron chi connectivity index (χ2n) is 6.26. The summed E-state index contributed by atoms with van der Waals surface area (Å²) in [5.74, 6) is -1.54. The Morgan fingerprint density at radius 2 is 1.69 bits per heavy atom. The van der Waals surface area contributed by atoms with Crippen molar-refractivity contribution < 1.29 is 19.8 Å². The largest absolute Gasteiger partial charge is 0.508 e. The zero-order valence-corrected chi connectivity index (χ0v) is 15.4. The van der Waals surface area contributed by atoms with Crippen LogP contribution in [-0.2, 0) is 16.0 Å². The SMILES string of the molecule is C[C@@H](c1ccccc1)[C@H](CS)C(=O)N[C@@H](Cc1ccc(O)cc1)C(=O)O. The first-order valence-electron chi connectivity index (χ1n) is 8.39. The van der Waals surface area contributed by atoms with Gasteiger partial charge in [-0.15, -0.1) is 0 Å². The highest BCUT2D eigenvalue weighted by Gasteiger charge is 2.29. The molecule has 0 aliphatic heterocycles. The molecular weight excluding hydrogens is 350 g/mol. The number of carbonyl (C=O) groups is 2. The number of hydrogen-bond donors (Lipinski definition) is 4. The molecule has 0 aliphatic rings. The van der Waals surface area contributed by atoms with Crippen LogP contribution in [0.4, 0.5) is 0 Å². The molecule has 1 amide bonds. The summed E-state index contributed by atoms with van der Waals surface area (Å²) in [6.45, 7) is 1.94. The monoisotopic (exact) mass is 373 g/mol. The van der Waals surface area contributed by atoms with Crippen LogP contribution in [0.5, 0.6) is 5.75 Å². The number of phenols is 1. The molecule has 0 heterocycles. The highest BCUT2D eigenvalue weighted by atomic mass is 32.1. The molecule has 2 rings (SSSR count). The zero-order chi connectivity index (χ0) is 19.1. The van der Waals surface area contributed by atoms with Crippen LogP contribution in [0.3, 0.4) is 0 Å². The van der Waals surface area contributed by atoms with Crippen molar-refractivity contribution in [2.75, 3.05) is 5.75 Å². The number of thiol groups is 1. The van der Waals surface area contributed by atoms with Gasteiger partial charge in [0, 0.05) is 12.2 Å². The van der Waals surface area contributed by atoms with Gasteiger partial charge in [-0.1, -0.05) is 49.4 Å². The third-order valence-electron chi connectivity index (χ3n) is 4.45. The van der Waals surface area contributed by atoms with Crippen molar-refractivity contribution in [1.82, 2.24) is 5.32 Å². The first kappa shape index (κ1) is 19.8. The molecule has 26 heavy (non-hydrogen) atoms. The summed E-state index contributed by atoms with van der Waals surface area (Å²) in [7, 11) is 0.